The molecular formula is C18H27BrN2. The molecule has 2 heterocycles. The molecule has 0 radical (unpaired) electrons. The first-order chi connectivity index (χ1) is 10.3. The van der Waals surface area contributed by atoms with E-state index in [0.29, 0.717) is 0 Å². The molecule has 2 saturated heterocycles. The van der Waals surface area contributed by atoms with Crippen LogP contribution in [0.25, 0.3) is 0 Å². The lowest BCUT2D eigenvalue weighted by Crippen LogP contribution is -2.34. The topological polar surface area (TPSA) is 6.48 Å². The van der Waals surface area contributed by atoms with Crippen LogP contribution in [0.4, 0.5) is 0 Å². The average Bonchev–Trinajstić information content (AvgIpc) is 3.02. The Morgan fingerprint density at radius 1 is 0.905 bits per heavy atom. The zero-order valence-corrected chi connectivity index (χ0v) is 14.5. The van der Waals surface area contributed by atoms with Gasteiger partial charge in [-0.05, 0) is 88.4 Å². The average molecular weight is 351 g/mol. The molecule has 116 valence electrons. The number of hydrogen-bond donors (Lipinski definition) is 0. The maximum Gasteiger partial charge on any atom is 0.0233 e. The summed E-state index contributed by atoms with van der Waals surface area (Å²) in [5, 5.41) is 0. The van der Waals surface area contributed by atoms with Crippen molar-refractivity contribution >= 4 is 15.9 Å². The first kappa shape index (κ1) is 15.5. The quantitative estimate of drug-likeness (QED) is 0.786. The van der Waals surface area contributed by atoms with Crippen LogP contribution in [-0.2, 0) is 6.54 Å². The van der Waals surface area contributed by atoms with Crippen molar-refractivity contribution in [3.63, 3.8) is 0 Å². The summed E-state index contributed by atoms with van der Waals surface area (Å²) in [7, 11) is 0. The first-order valence-corrected chi connectivity index (χ1v) is 9.28. The van der Waals surface area contributed by atoms with Gasteiger partial charge in [0.25, 0.3) is 0 Å². The number of likely N-dealkylation sites (tertiary alicyclic amines) is 2. The van der Waals surface area contributed by atoms with Crippen molar-refractivity contribution in [1.29, 1.82) is 0 Å². The number of halogens is 1. The Bertz CT molecular complexity index is 417. The van der Waals surface area contributed by atoms with Gasteiger partial charge in [-0.3, -0.25) is 4.90 Å². The van der Waals surface area contributed by atoms with E-state index in [-0.39, 0.29) is 0 Å². The van der Waals surface area contributed by atoms with Crippen molar-refractivity contribution in [3.8, 4) is 0 Å². The molecule has 0 aliphatic carbocycles. The molecule has 0 aromatic heterocycles. The maximum absolute atomic E-state index is 3.51. The minimum atomic E-state index is 0.965. The molecule has 0 saturated carbocycles. The number of hydrogen-bond acceptors (Lipinski definition) is 2. The third-order valence-corrected chi connectivity index (χ3v) is 5.61. The lowest BCUT2D eigenvalue weighted by atomic mass is 9.93. The summed E-state index contributed by atoms with van der Waals surface area (Å²) in [6.07, 6.45) is 7.05. The van der Waals surface area contributed by atoms with E-state index >= 15 is 0 Å². The highest BCUT2D eigenvalue weighted by atomic mass is 79.9. The fourth-order valence-corrected chi connectivity index (χ4v) is 3.92. The second-order valence-electron chi connectivity index (χ2n) is 6.68. The number of nitrogens with zero attached hydrogens (tertiary/aromatic N) is 2. The van der Waals surface area contributed by atoms with Gasteiger partial charge in [0.05, 0.1) is 0 Å². The van der Waals surface area contributed by atoms with Crippen molar-refractivity contribution < 1.29 is 0 Å². The smallest absolute Gasteiger partial charge is 0.0233 e. The van der Waals surface area contributed by atoms with E-state index < -0.39 is 0 Å². The van der Waals surface area contributed by atoms with Crippen molar-refractivity contribution in [2.24, 2.45) is 5.92 Å². The monoisotopic (exact) mass is 350 g/mol. The van der Waals surface area contributed by atoms with E-state index in [0.717, 1.165) is 12.5 Å². The predicted octanol–water partition coefficient (Wildman–Crippen LogP) is 4.15. The zero-order chi connectivity index (χ0) is 14.5. The fourth-order valence-electron chi connectivity index (χ4n) is 3.65. The van der Waals surface area contributed by atoms with Crippen molar-refractivity contribution in [2.75, 3.05) is 32.7 Å². The van der Waals surface area contributed by atoms with Crippen LogP contribution in [0.1, 0.15) is 37.7 Å². The molecule has 0 atom stereocenters. The van der Waals surface area contributed by atoms with Crippen LogP contribution < -0.4 is 0 Å². The standard InChI is InChI=1S/C18H27BrN2/c19-18-5-3-17(4-6-18)15-21-13-8-16(9-14-21)7-12-20-10-1-2-11-20/h3-6,16H,1-2,7-15H2. The summed E-state index contributed by atoms with van der Waals surface area (Å²) >= 11 is 3.51. The van der Waals surface area contributed by atoms with Gasteiger partial charge in [-0.2, -0.15) is 0 Å². The Morgan fingerprint density at radius 3 is 2.24 bits per heavy atom. The Morgan fingerprint density at radius 2 is 1.57 bits per heavy atom. The second kappa shape index (κ2) is 7.75. The lowest BCUT2D eigenvalue weighted by Gasteiger charge is -2.32. The molecule has 3 rings (SSSR count). The largest absolute Gasteiger partial charge is 0.303 e. The SMILES string of the molecule is Brc1ccc(CN2CCC(CCN3CCCC3)CC2)cc1. The molecule has 2 nitrogen and oxygen atoms in total. The Hall–Kier alpha value is -0.380. The minimum Gasteiger partial charge on any atom is -0.303 e. The van der Waals surface area contributed by atoms with E-state index in [9.17, 15) is 0 Å². The lowest BCUT2D eigenvalue weighted by molar-refractivity contribution is 0.162. The minimum absolute atomic E-state index is 0.965. The summed E-state index contributed by atoms with van der Waals surface area (Å²) in [6, 6.07) is 8.78. The van der Waals surface area contributed by atoms with E-state index in [1.807, 2.05) is 0 Å². The van der Waals surface area contributed by atoms with Crippen LogP contribution in [0.2, 0.25) is 0 Å². The Labute approximate surface area is 137 Å². The van der Waals surface area contributed by atoms with Gasteiger partial charge in [0, 0.05) is 11.0 Å². The summed E-state index contributed by atoms with van der Waals surface area (Å²) in [5.74, 6) is 0.965. The Balaban J connectivity index is 1.37. The third-order valence-electron chi connectivity index (χ3n) is 5.08. The van der Waals surface area contributed by atoms with E-state index in [1.54, 1.807) is 0 Å². The van der Waals surface area contributed by atoms with Gasteiger partial charge in [0.2, 0.25) is 0 Å². The van der Waals surface area contributed by atoms with Crippen LogP contribution >= 0.6 is 15.9 Å². The van der Waals surface area contributed by atoms with Gasteiger partial charge in [-0.1, -0.05) is 28.1 Å². The van der Waals surface area contributed by atoms with Gasteiger partial charge in [0.15, 0.2) is 0 Å². The molecule has 1 aromatic carbocycles. The van der Waals surface area contributed by atoms with E-state index in [2.05, 4.69) is 50.0 Å². The molecule has 2 aliphatic heterocycles. The molecule has 2 aliphatic rings. The molecule has 0 bridgehead atoms. The van der Waals surface area contributed by atoms with Crippen molar-refractivity contribution in [1.82, 2.24) is 9.80 Å². The summed E-state index contributed by atoms with van der Waals surface area (Å²) in [5.41, 5.74) is 1.44. The molecule has 1 aromatic rings. The second-order valence-corrected chi connectivity index (χ2v) is 7.60. The molecule has 21 heavy (non-hydrogen) atoms. The van der Waals surface area contributed by atoms with Crippen LogP contribution in [0.5, 0.6) is 0 Å². The first-order valence-electron chi connectivity index (χ1n) is 8.49. The van der Waals surface area contributed by atoms with Gasteiger partial charge >= 0.3 is 0 Å². The van der Waals surface area contributed by atoms with Gasteiger partial charge in [-0.15, -0.1) is 0 Å². The summed E-state index contributed by atoms with van der Waals surface area (Å²) in [4.78, 5) is 5.28. The molecule has 0 unspecified atom stereocenters. The van der Waals surface area contributed by atoms with Gasteiger partial charge in [-0.25, -0.2) is 0 Å². The molecular weight excluding hydrogens is 324 g/mol. The third kappa shape index (κ3) is 4.80. The highest BCUT2D eigenvalue weighted by molar-refractivity contribution is 9.10. The van der Waals surface area contributed by atoms with Crippen LogP contribution in [-0.4, -0.2) is 42.5 Å². The highest BCUT2D eigenvalue weighted by Gasteiger charge is 2.20. The molecule has 2 fully saturated rings. The number of rotatable bonds is 5. The van der Waals surface area contributed by atoms with Crippen LogP contribution in [0.15, 0.2) is 28.7 Å². The van der Waals surface area contributed by atoms with Crippen LogP contribution in [0, 0.1) is 5.92 Å². The van der Waals surface area contributed by atoms with Crippen molar-refractivity contribution in [2.45, 2.75) is 38.6 Å². The van der Waals surface area contributed by atoms with E-state index in [4.69, 9.17) is 0 Å². The molecule has 0 N–H and O–H groups in total. The van der Waals surface area contributed by atoms with Crippen molar-refractivity contribution in [3.05, 3.63) is 34.3 Å². The number of benzene rings is 1. The predicted molar refractivity (Wildman–Crippen MR) is 92.4 cm³/mol. The summed E-state index contributed by atoms with van der Waals surface area (Å²) < 4.78 is 1.17. The van der Waals surface area contributed by atoms with E-state index in [1.165, 1.54) is 74.9 Å². The maximum atomic E-state index is 3.51. The molecule has 3 heteroatoms. The zero-order valence-electron chi connectivity index (χ0n) is 12.9. The fraction of sp³-hybridized carbons (Fsp3) is 0.667. The summed E-state index contributed by atoms with van der Waals surface area (Å²) in [6.45, 7) is 7.72. The van der Waals surface area contributed by atoms with Crippen LogP contribution in [0.3, 0.4) is 0 Å². The van der Waals surface area contributed by atoms with Gasteiger partial charge in [0.1, 0.15) is 0 Å². The normalized spacial score (nSPS) is 22.0. The highest BCUT2D eigenvalue weighted by Crippen LogP contribution is 2.23. The molecule has 0 amide bonds. The Kier molecular flexibility index (Phi) is 5.73. The van der Waals surface area contributed by atoms with Gasteiger partial charge < -0.3 is 4.90 Å². The number of piperidine rings is 1. The molecule has 0 spiro atoms.